The minimum absolute atomic E-state index is 0. The van der Waals surface area contributed by atoms with Gasteiger partial charge < -0.3 is 15.8 Å². The van der Waals surface area contributed by atoms with Crippen molar-refractivity contribution in [3.63, 3.8) is 0 Å². The molecule has 3 N–H and O–H groups in total. The van der Waals surface area contributed by atoms with Gasteiger partial charge in [-0.05, 0) is 19.1 Å². The maximum absolute atomic E-state index is 11.4. The number of ether oxygens (including phenoxy) is 1. The number of nitrogens with two attached hydrogens (primary N) is 1. The Balaban J connectivity index is 0.00000256. The molecule has 17 heavy (non-hydrogen) atoms. The minimum atomic E-state index is -0.480. The van der Waals surface area contributed by atoms with Gasteiger partial charge in [-0.1, -0.05) is 0 Å². The molecule has 0 saturated carbocycles. The quantitative estimate of drug-likeness (QED) is 0.763. The summed E-state index contributed by atoms with van der Waals surface area (Å²) in [7, 11) is 0. The summed E-state index contributed by atoms with van der Waals surface area (Å²) in [6, 6.07) is 3.04. The number of halogens is 1. The fraction of sp³-hybridized carbons (Fsp3) is 0.300. The largest absolute Gasteiger partial charge is 0.465 e. The highest BCUT2D eigenvalue weighted by molar-refractivity contribution is 5.94. The lowest BCUT2D eigenvalue weighted by atomic mass is 10.3. The number of amides is 1. The van der Waals surface area contributed by atoms with Crippen LogP contribution in [-0.4, -0.2) is 30.0 Å². The molecule has 94 valence electrons. The normalized spacial score (nSPS) is 9.00. The Morgan fingerprint density at radius 2 is 2.18 bits per heavy atom. The van der Waals surface area contributed by atoms with Crippen LogP contribution in [0.4, 0.5) is 5.69 Å². The molecule has 1 amide bonds. The van der Waals surface area contributed by atoms with E-state index in [1.54, 1.807) is 13.0 Å². The average molecular weight is 260 g/mol. The highest BCUT2D eigenvalue weighted by Crippen LogP contribution is 2.00. The molecule has 0 spiro atoms. The van der Waals surface area contributed by atoms with Crippen LogP contribution in [0.15, 0.2) is 18.3 Å². The van der Waals surface area contributed by atoms with Gasteiger partial charge in [-0.15, -0.1) is 12.4 Å². The van der Waals surface area contributed by atoms with Crippen molar-refractivity contribution in [3.05, 3.63) is 24.0 Å². The Morgan fingerprint density at radius 1 is 1.47 bits per heavy atom. The fourth-order valence-corrected chi connectivity index (χ4v) is 0.995. The lowest BCUT2D eigenvalue weighted by Gasteiger charge is -2.04. The van der Waals surface area contributed by atoms with Crippen LogP contribution in [0.1, 0.15) is 17.4 Å². The summed E-state index contributed by atoms with van der Waals surface area (Å²) in [6.45, 7) is 1.81. The van der Waals surface area contributed by atoms with Crippen molar-refractivity contribution in [2.45, 2.75) is 6.92 Å². The van der Waals surface area contributed by atoms with E-state index in [4.69, 9.17) is 5.73 Å². The summed E-state index contributed by atoms with van der Waals surface area (Å²) in [5, 5.41) is 2.39. The Labute approximate surface area is 105 Å². The van der Waals surface area contributed by atoms with Crippen LogP contribution < -0.4 is 11.1 Å². The highest BCUT2D eigenvalue weighted by atomic mass is 35.5. The van der Waals surface area contributed by atoms with E-state index in [1.807, 2.05) is 0 Å². The first kappa shape index (κ1) is 15.2. The molecule has 0 aliphatic rings. The van der Waals surface area contributed by atoms with Gasteiger partial charge in [0.05, 0.1) is 18.5 Å². The van der Waals surface area contributed by atoms with Crippen LogP contribution in [0.25, 0.3) is 0 Å². The molecule has 6 nitrogen and oxygen atoms in total. The van der Waals surface area contributed by atoms with Crippen molar-refractivity contribution in [1.82, 2.24) is 10.3 Å². The zero-order valence-corrected chi connectivity index (χ0v) is 10.1. The molecule has 0 unspecified atom stereocenters. The molecule has 0 bridgehead atoms. The minimum Gasteiger partial charge on any atom is -0.465 e. The number of esters is 1. The van der Waals surface area contributed by atoms with Crippen LogP contribution >= 0.6 is 12.4 Å². The predicted octanol–water partition coefficient (Wildman–Crippen LogP) is 0.378. The predicted molar refractivity (Wildman–Crippen MR) is 64.9 cm³/mol. The molecule has 0 saturated heterocycles. The maximum Gasteiger partial charge on any atom is 0.325 e. The van der Waals surface area contributed by atoms with E-state index in [2.05, 4.69) is 15.0 Å². The van der Waals surface area contributed by atoms with Crippen LogP contribution in [0.3, 0.4) is 0 Å². The molecular formula is C10H14ClN3O3. The third-order valence-electron chi connectivity index (χ3n) is 1.72. The van der Waals surface area contributed by atoms with E-state index in [1.165, 1.54) is 12.3 Å². The maximum atomic E-state index is 11.4. The molecule has 1 rings (SSSR count). The summed E-state index contributed by atoms with van der Waals surface area (Å²) in [5.41, 5.74) is 6.10. The van der Waals surface area contributed by atoms with Crippen LogP contribution in [0.5, 0.6) is 0 Å². The summed E-state index contributed by atoms with van der Waals surface area (Å²) in [5.74, 6) is -0.917. The first-order valence-electron chi connectivity index (χ1n) is 4.79. The number of nitrogens with one attached hydrogen (secondary N) is 1. The second-order valence-electron chi connectivity index (χ2n) is 2.96. The number of carbonyl (C=O) groups excluding carboxylic acids is 2. The molecule has 0 atom stereocenters. The summed E-state index contributed by atoms with van der Waals surface area (Å²) < 4.78 is 4.65. The number of nitrogens with zero attached hydrogens (tertiary/aromatic N) is 1. The number of rotatable bonds is 4. The van der Waals surface area contributed by atoms with Crippen molar-refractivity contribution in [2.75, 3.05) is 18.9 Å². The lowest BCUT2D eigenvalue weighted by molar-refractivity contribution is -0.141. The standard InChI is InChI=1S/C10H13N3O3.ClH/c1-2-16-9(14)6-13-10(15)8-4-3-7(11)5-12-8;/h3-5H,2,6,11H2,1H3,(H,13,15);1H. The van der Waals surface area contributed by atoms with E-state index in [-0.39, 0.29) is 31.3 Å². The molecule has 0 fully saturated rings. The molecule has 7 heteroatoms. The number of carbonyl (C=O) groups is 2. The Bertz CT molecular complexity index is 381. The SMILES string of the molecule is CCOC(=O)CNC(=O)c1ccc(N)cn1.Cl. The van der Waals surface area contributed by atoms with Crippen molar-refractivity contribution >= 4 is 30.0 Å². The fourth-order valence-electron chi connectivity index (χ4n) is 0.995. The van der Waals surface area contributed by atoms with Crippen LogP contribution in [0.2, 0.25) is 0 Å². The number of hydrogen-bond donors (Lipinski definition) is 2. The third kappa shape index (κ3) is 5.17. The number of aromatic nitrogens is 1. The van der Waals surface area contributed by atoms with Crippen molar-refractivity contribution < 1.29 is 14.3 Å². The van der Waals surface area contributed by atoms with Gasteiger partial charge in [0.25, 0.3) is 5.91 Å². The summed E-state index contributed by atoms with van der Waals surface area (Å²) >= 11 is 0. The van der Waals surface area contributed by atoms with E-state index in [9.17, 15) is 9.59 Å². The third-order valence-corrected chi connectivity index (χ3v) is 1.72. The van der Waals surface area contributed by atoms with Gasteiger partial charge in [0.1, 0.15) is 12.2 Å². The second-order valence-corrected chi connectivity index (χ2v) is 2.96. The van der Waals surface area contributed by atoms with Crippen molar-refractivity contribution in [3.8, 4) is 0 Å². The van der Waals surface area contributed by atoms with Crippen LogP contribution in [0, 0.1) is 0 Å². The smallest absolute Gasteiger partial charge is 0.325 e. The second kappa shape index (κ2) is 7.45. The first-order valence-corrected chi connectivity index (χ1v) is 4.79. The van der Waals surface area contributed by atoms with E-state index < -0.39 is 11.9 Å². The molecule has 0 aromatic carbocycles. The molecule has 1 aromatic heterocycles. The first-order chi connectivity index (χ1) is 7.63. The lowest BCUT2D eigenvalue weighted by Crippen LogP contribution is -2.31. The van der Waals surface area contributed by atoms with Crippen molar-refractivity contribution in [2.24, 2.45) is 0 Å². The van der Waals surface area contributed by atoms with Gasteiger partial charge in [0.2, 0.25) is 0 Å². The number of pyridine rings is 1. The van der Waals surface area contributed by atoms with E-state index in [0.717, 1.165) is 0 Å². The molecule has 1 aromatic rings. The monoisotopic (exact) mass is 259 g/mol. The Hall–Kier alpha value is -1.82. The summed E-state index contributed by atoms with van der Waals surface area (Å²) in [6.07, 6.45) is 1.37. The number of hydrogen-bond acceptors (Lipinski definition) is 5. The topological polar surface area (TPSA) is 94.3 Å². The average Bonchev–Trinajstić information content (AvgIpc) is 2.27. The molecule has 0 radical (unpaired) electrons. The van der Waals surface area contributed by atoms with Gasteiger partial charge in [-0.3, -0.25) is 9.59 Å². The molecule has 0 aliphatic carbocycles. The Morgan fingerprint density at radius 3 is 2.71 bits per heavy atom. The van der Waals surface area contributed by atoms with Crippen LogP contribution in [-0.2, 0) is 9.53 Å². The number of anilines is 1. The van der Waals surface area contributed by atoms with Gasteiger partial charge in [-0.2, -0.15) is 0 Å². The van der Waals surface area contributed by atoms with E-state index in [0.29, 0.717) is 5.69 Å². The van der Waals surface area contributed by atoms with Gasteiger partial charge >= 0.3 is 5.97 Å². The highest BCUT2D eigenvalue weighted by Gasteiger charge is 2.08. The van der Waals surface area contributed by atoms with Crippen molar-refractivity contribution in [1.29, 1.82) is 0 Å². The van der Waals surface area contributed by atoms with E-state index >= 15 is 0 Å². The zero-order valence-electron chi connectivity index (χ0n) is 9.30. The molecule has 1 heterocycles. The molecular weight excluding hydrogens is 246 g/mol. The van der Waals surface area contributed by atoms with Gasteiger partial charge in [0.15, 0.2) is 0 Å². The Kier molecular flexibility index (Phi) is 6.65. The number of nitrogen functional groups attached to an aromatic ring is 1. The van der Waals surface area contributed by atoms with Gasteiger partial charge in [-0.25, -0.2) is 4.98 Å². The summed E-state index contributed by atoms with van der Waals surface area (Å²) in [4.78, 5) is 26.2. The van der Waals surface area contributed by atoms with Gasteiger partial charge in [0, 0.05) is 0 Å². The molecule has 0 aliphatic heterocycles. The zero-order chi connectivity index (χ0) is 12.0.